The van der Waals surface area contributed by atoms with Crippen molar-refractivity contribution >= 4 is 6.09 Å². The van der Waals surface area contributed by atoms with Crippen LogP contribution in [0.4, 0.5) is 4.79 Å². The number of ether oxygens (including phenoxy) is 1. The quantitative estimate of drug-likeness (QED) is 0.780. The molecular formula is C15H30N2O2. The first-order chi connectivity index (χ1) is 8.47. The topological polar surface area (TPSA) is 41.6 Å². The van der Waals surface area contributed by atoms with Crippen molar-refractivity contribution in [3.8, 4) is 0 Å². The van der Waals surface area contributed by atoms with Gasteiger partial charge in [0.15, 0.2) is 0 Å². The Hall–Kier alpha value is -1.03. The Morgan fingerprint density at radius 1 is 1.32 bits per heavy atom. The molecule has 0 rings (SSSR count). The molecule has 0 fully saturated rings. The highest BCUT2D eigenvalue weighted by atomic mass is 16.6. The van der Waals surface area contributed by atoms with E-state index in [0.29, 0.717) is 13.1 Å². The molecular weight excluding hydrogens is 240 g/mol. The molecule has 0 aliphatic rings. The van der Waals surface area contributed by atoms with Crippen LogP contribution in [0.1, 0.15) is 48.5 Å². The molecule has 0 bridgehead atoms. The van der Waals surface area contributed by atoms with Gasteiger partial charge in [0, 0.05) is 24.7 Å². The molecule has 4 heteroatoms. The summed E-state index contributed by atoms with van der Waals surface area (Å²) in [6.45, 7) is 18.7. The lowest BCUT2D eigenvalue weighted by molar-refractivity contribution is 0.00657. The molecule has 0 aromatic carbocycles. The lowest BCUT2D eigenvalue weighted by Crippen LogP contribution is -2.50. The van der Waals surface area contributed by atoms with Crippen LogP contribution in [0, 0.1) is 0 Å². The highest BCUT2D eigenvalue weighted by Crippen LogP contribution is 2.17. The third-order valence-corrected chi connectivity index (χ3v) is 2.58. The smallest absolute Gasteiger partial charge is 0.410 e. The van der Waals surface area contributed by atoms with Gasteiger partial charge in [-0.1, -0.05) is 6.08 Å². The molecule has 4 nitrogen and oxygen atoms in total. The van der Waals surface area contributed by atoms with Crippen molar-refractivity contribution in [2.24, 2.45) is 0 Å². The number of nitrogens with one attached hydrogen (secondary N) is 1. The van der Waals surface area contributed by atoms with Crippen molar-refractivity contribution < 1.29 is 9.53 Å². The molecule has 1 atom stereocenters. The Morgan fingerprint density at radius 2 is 1.84 bits per heavy atom. The number of carbonyl (C=O) groups is 1. The second-order valence-electron chi connectivity index (χ2n) is 6.78. The lowest BCUT2D eigenvalue weighted by Gasteiger charge is -2.37. The fourth-order valence-corrected chi connectivity index (χ4v) is 1.50. The predicted octanol–water partition coefficient (Wildman–Crippen LogP) is 3.19. The molecule has 0 spiro atoms. The second-order valence-corrected chi connectivity index (χ2v) is 6.78. The van der Waals surface area contributed by atoms with Gasteiger partial charge in [-0.3, -0.25) is 0 Å². The van der Waals surface area contributed by atoms with Crippen LogP contribution in [0.5, 0.6) is 0 Å². The van der Waals surface area contributed by atoms with Crippen LogP contribution in [-0.2, 0) is 4.74 Å². The summed E-state index contributed by atoms with van der Waals surface area (Å²) in [5, 5.41) is 3.29. The summed E-state index contributed by atoms with van der Waals surface area (Å²) in [5.41, 5.74) is -0.732. The van der Waals surface area contributed by atoms with Crippen molar-refractivity contribution in [1.82, 2.24) is 10.2 Å². The standard InChI is InChI=1S/C15H30N2O2/c1-9-12(2)16-10-11-17(14(3,4)5)13(18)19-15(6,7)8/h9,12,16H,1,10-11H2,2-8H3. The Morgan fingerprint density at radius 3 is 2.21 bits per heavy atom. The van der Waals surface area contributed by atoms with E-state index in [9.17, 15) is 4.79 Å². The molecule has 112 valence electrons. The SMILES string of the molecule is C=CC(C)NCCN(C(=O)OC(C)(C)C)C(C)(C)C. The first-order valence-electron chi connectivity index (χ1n) is 6.84. The Bertz CT molecular complexity index is 300. The third kappa shape index (κ3) is 7.88. The number of amides is 1. The zero-order chi connectivity index (χ0) is 15.3. The van der Waals surface area contributed by atoms with Gasteiger partial charge in [0.05, 0.1) is 0 Å². The summed E-state index contributed by atoms with van der Waals surface area (Å²) in [5.74, 6) is 0. The Kier molecular flexibility index (Phi) is 6.57. The largest absolute Gasteiger partial charge is 0.444 e. The number of rotatable bonds is 5. The van der Waals surface area contributed by atoms with Crippen LogP contribution in [0.25, 0.3) is 0 Å². The minimum absolute atomic E-state index is 0.237. The van der Waals surface area contributed by atoms with E-state index < -0.39 is 5.60 Å². The molecule has 0 saturated carbocycles. The summed E-state index contributed by atoms with van der Waals surface area (Å²) in [7, 11) is 0. The molecule has 0 aromatic rings. The fraction of sp³-hybridized carbons (Fsp3) is 0.800. The van der Waals surface area contributed by atoms with E-state index in [1.165, 1.54) is 0 Å². The van der Waals surface area contributed by atoms with Crippen molar-refractivity contribution in [1.29, 1.82) is 0 Å². The lowest BCUT2D eigenvalue weighted by atomic mass is 10.1. The van der Waals surface area contributed by atoms with Crippen LogP contribution < -0.4 is 5.32 Å². The number of carbonyl (C=O) groups excluding carboxylic acids is 1. The average molecular weight is 270 g/mol. The maximum Gasteiger partial charge on any atom is 0.410 e. The normalized spacial score (nSPS) is 13.8. The van der Waals surface area contributed by atoms with E-state index in [-0.39, 0.29) is 17.7 Å². The summed E-state index contributed by atoms with van der Waals surface area (Å²) in [6, 6.07) is 0.237. The summed E-state index contributed by atoms with van der Waals surface area (Å²) < 4.78 is 5.45. The second kappa shape index (κ2) is 6.94. The predicted molar refractivity (Wildman–Crippen MR) is 80.4 cm³/mol. The van der Waals surface area contributed by atoms with Crippen LogP contribution in [0.15, 0.2) is 12.7 Å². The molecule has 0 aliphatic carbocycles. The molecule has 0 aromatic heterocycles. The first kappa shape index (κ1) is 18.0. The van der Waals surface area contributed by atoms with Gasteiger partial charge in [-0.15, -0.1) is 6.58 Å². The molecule has 1 N–H and O–H groups in total. The van der Waals surface area contributed by atoms with E-state index >= 15 is 0 Å². The van der Waals surface area contributed by atoms with Gasteiger partial charge in [0.1, 0.15) is 5.60 Å². The number of nitrogens with zero attached hydrogens (tertiary/aromatic N) is 1. The fourth-order valence-electron chi connectivity index (χ4n) is 1.50. The minimum atomic E-state index is -0.470. The van der Waals surface area contributed by atoms with Gasteiger partial charge in [-0.25, -0.2) is 4.79 Å². The van der Waals surface area contributed by atoms with Gasteiger partial charge in [-0.05, 0) is 48.5 Å². The van der Waals surface area contributed by atoms with E-state index in [0.717, 1.165) is 0 Å². The van der Waals surface area contributed by atoms with Gasteiger partial charge < -0.3 is 15.0 Å². The monoisotopic (exact) mass is 270 g/mol. The zero-order valence-electron chi connectivity index (χ0n) is 13.5. The zero-order valence-corrected chi connectivity index (χ0v) is 13.5. The van der Waals surface area contributed by atoms with Gasteiger partial charge in [-0.2, -0.15) is 0 Å². The van der Waals surface area contributed by atoms with Crippen molar-refractivity contribution in [2.75, 3.05) is 13.1 Å². The molecule has 19 heavy (non-hydrogen) atoms. The van der Waals surface area contributed by atoms with Crippen molar-refractivity contribution in [3.63, 3.8) is 0 Å². The molecule has 0 heterocycles. The summed E-state index contributed by atoms with van der Waals surface area (Å²) in [6.07, 6.45) is 1.57. The van der Waals surface area contributed by atoms with Gasteiger partial charge in [0.25, 0.3) is 0 Å². The maximum absolute atomic E-state index is 12.2. The van der Waals surface area contributed by atoms with Crippen LogP contribution in [0.3, 0.4) is 0 Å². The third-order valence-electron chi connectivity index (χ3n) is 2.58. The summed E-state index contributed by atoms with van der Waals surface area (Å²) >= 11 is 0. The highest BCUT2D eigenvalue weighted by Gasteiger charge is 2.30. The van der Waals surface area contributed by atoms with E-state index in [4.69, 9.17) is 4.74 Å². The molecule has 1 amide bonds. The van der Waals surface area contributed by atoms with Crippen LogP contribution >= 0.6 is 0 Å². The van der Waals surface area contributed by atoms with E-state index in [2.05, 4.69) is 11.9 Å². The highest BCUT2D eigenvalue weighted by molar-refractivity contribution is 5.69. The van der Waals surface area contributed by atoms with Crippen LogP contribution in [-0.4, -0.2) is 41.3 Å². The van der Waals surface area contributed by atoms with E-state index in [1.54, 1.807) is 4.90 Å². The first-order valence-corrected chi connectivity index (χ1v) is 6.84. The Balaban J connectivity index is 4.57. The summed E-state index contributed by atoms with van der Waals surface area (Å²) in [4.78, 5) is 14.0. The number of hydrogen-bond acceptors (Lipinski definition) is 3. The Labute approximate surface area is 118 Å². The molecule has 0 aliphatic heterocycles. The average Bonchev–Trinajstić information content (AvgIpc) is 2.19. The molecule has 0 radical (unpaired) electrons. The van der Waals surface area contributed by atoms with Crippen molar-refractivity contribution in [3.05, 3.63) is 12.7 Å². The van der Waals surface area contributed by atoms with E-state index in [1.807, 2.05) is 54.5 Å². The van der Waals surface area contributed by atoms with Crippen LogP contribution in [0.2, 0.25) is 0 Å². The minimum Gasteiger partial charge on any atom is -0.444 e. The molecule has 0 saturated heterocycles. The maximum atomic E-state index is 12.2. The van der Waals surface area contributed by atoms with Gasteiger partial charge in [0.2, 0.25) is 0 Å². The number of hydrogen-bond donors (Lipinski definition) is 1. The van der Waals surface area contributed by atoms with Crippen molar-refractivity contribution in [2.45, 2.75) is 65.6 Å². The van der Waals surface area contributed by atoms with Gasteiger partial charge >= 0.3 is 6.09 Å². The molecule has 1 unspecified atom stereocenters.